The summed E-state index contributed by atoms with van der Waals surface area (Å²) in [6.07, 6.45) is 2.25. The Hall–Kier alpha value is -1.42. The van der Waals surface area contributed by atoms with Crippen molar-refractivity contribution in [3.05, 3.63) is 29.3 Å². The van der Waals surface area contributed by atoms with Crippen LogP contribution in [-0.4, -0.2) is 16.0 Å². The number of nitrogens with one attached hydrogen (secondary N) is 1. The Morgan fingerprint density at radius 3 is 2.88 bits per heavy atom. The van der Waals surface area contributed by atoms with Crippen LogP contribution in [0.15, 0.2) is 18.2 Å². The molecule has 0 saturated heterocycles. The van der Waals surface area contributed by atoms with Crippen molar-refractivity contribution in [2.45, 2.75) is 18.9 Å². The lowest BCUT2D eigenvalue weighted by atomic mass is 10.2. The number of aromatic nitrogens is 2. The van der Waals surface area contributed by atoms with Gasteiger partial charge < -0.3 is 5.32 Å². The summed E-state index contributed by atoms with van der Waals surface area (Å²) in [5.74, 6) is 0.248. The Morgan fingerprint density at radius 1 is 1.31 bits per heavy atom. The molecular weight excluding hydrogens is 229 g/mol. The molecule has 0 amide bonds. The summed E-state index contributed by atoms with van der Waals surface area (Å²) in [6.45, 7) is 0. The van der Waals surface area contributed by atoms with Gasteiger partial charge in [-0.2, -0.15) is 0 Å². The molecule has 1 fully saturated rings. The Bertz CT molecular complexity index is 554. The van der Waals surface area contributed by atoms with Gasteiger partial charge in [-0.05, 0) is 36.6 Å². The van der Waals surface area contributed by atoms with E-state index >= 15 is 0 Å². The van der Waals surface area contributed by atoms with Gasteiger partial charge in [0, 0.05) is 11.4 Å². The molecule has 82 valence electrons. The third-order valence-electron chi connectivity index (χ3n) is 2.57. The number of anilines is 1. The van der Waals surface area contributed by atoms with Crippen molar-refractivity contribution in [2.24, 2.45) is 0 Å². The Labute approximate surface area is 96.7 Å². The van der Waals surface area contributed by atoms with E-state index in [1.165, 1.54) is 6.07 Å². The monoisotopic (exact) mass is 237 g/mol. The molecule has 0 unspecified atom stereocenters. The molecule has 0 atom stereocenters. The Kier molecular flexibility index (Phi) is 2.17. The predicted molar refractivity (Wildman–Crippen MR) is 61.2 cm³/mol. The average molecular weight is 238 g/mol. The van der Waals surface area contributed by atoms with E-state index in [1.54, 1.807) is 12.1 Å². The molecule has 0 radical (unpaired) electrons. The molecule has 1 aliphatic carbocycles. The van der Waals surface area contributed by atoms with Crippen LogP contribution in [0, 0.1) is 5.82 Å². The lowest BCUT2D eigenvalue weighted by Crippen LogP contribution is -2.05. The second-order valence-electron chi connectivity index (χ2n) is 3.90. The fourth-order valence-corrected chi connectivity index (χ4v) is 1.79. The SMILES string of the molecule is Fc1cccc2c(NC3CC3)nc(Cl)nc12. The number of nitrogens with zero attached hydrogens (tertiary/aromatic N) is 2. The van der Waals surface area contributed by atoms with Gasteiger partial charge in [0.25, 0.3) is 0 Å². The van der Waals surface area contributed by atoms with Crippen molar-refractivity contribution in [1.82, 2.24) is 9.97 Å². The predicted octanol–water partition coefficient (Wildman–Crippen LogP) is 3.00. The van der Waals surface area contributed by atoms with Crippen molar-refractivity contribution in [2.75, 3.05) is 5.32 Å². The summed E-state index contributed by atoms with van der Waals surface area (Å²) in [5, 5.41) is 3.97. The van der Waals surface area contributed by atoms with Crippen LogP contribution in [0.25, 0.3) is 10.9 Å². The van der Waals surface area contributed by atoms with Crippen LogP contribution >= 0.6 is 11.6 Å². The van der Waals surface area contributed by atoms with Gasteiger partial charge in [-0.15, -0.1) is 0 Å². The fourth-order valence-electron chi connectivity index (χ4n) is 1.62. The van der Waals surface area contributed by atoms with Crippen molar-refractivity contribution in [3.8, 4) is 0 Å². The summed E-state index contributed by atoms with van der Waals surface area (Å²) in [6, 6.07) is 5.25. The van der Waals surface area contributed by atoms with Gasteiger partial charge in [0.1, 0.15) is 17.2 Å². The normalized spacial score (nSPS) is 15.4. The molecule has 1 saturated carbocycles. The van der Waals surface area contributed by atoms with Crippen LogP contribution < -0.4 is 5.32 Å². The second-order valence-corrected chi connectivity index (χ2v) is 4.23. The van der Waals surface area contributed by atoms with Crippen LogP contribution in [0.5, 0.6) is 0 Å². The molecule has 1 aromatic carbocycles. The molecular formula is C11H9ClFN3. The number of fused-ring (bicyclic) bond motifs is 1. The van der Waals surface area contributed by atoms with Crippen LogP contribution in [0.4, 0.5) is 10.2 Å². The van der Waals surface area contributed by atoms with Crippen molar-refractivity contribution < 1.29 is 4.39 Å². The maximum atomic E-state index is 13.5. The lowest BCUT2D eigenvalue weighted by molar-refractivity contribution is 0.636. The number of rotatable bonds is 2. The van der Waals surface area contributed by atoms with Gasteiger partial charge in [-0.25, -0.2) is 14.4 Å². The molecule has 2 aromatic rings. The van der Waals surface area contributed by atoms with E-state index in [1.807, 2.05) is 0 Å². The maximum absolute atomic E-state index is 13.5. The van der Waals surface area contributed by atoms with Crippen LogP contribution in [0.2, 0.25) is 5.28 Å². The molecule has 1 aliphatic rings. The first-order chi connectivity index (χ1) is 7.74. The first-order valence-electron chi connectivity index (χ1n) is 5.12. The Balaban J connectivity index is 2.20. The topological polar surface area (TPSA) is 37.8 Å². The van der Waals surface area contributed by atoms with E-state index < -0.39 is 0 Å². The highest BCUT2D eigenvalue weighted by Gasteiger charge is 2.23. The molecule has 1 heterocycles. The van der Waals surface area contributed by atoms with E-state index in [2.05, 4.69) is 15.3 Å². The van der Waals surface area contributed by atoms with Gasteiger partial charge in [0.05, 0.1) is 0 Å². The minimum absolute atomic E-state index is 0.0701. The minimum Gasteiger partial charge on any atom is -0.367 e. The molecule has 0 bridgehead atoms. The third kappa shape index (κ3) is 1.69. The molecule has 5 heteroatoms. The van der Waals surface area contributed by atoms with E-state index in [0.717, 1.165) is 12.8 Å². The van der Waals surface area contributed by atoms with Gasteiger partial charge in [0.2, 0.25) is 5.28 Å². The zero-order valence-electron chi connectivity index (χ0n) is 8.37. The highest BCUT2D eigenvalue weighted by atomic mass is 35.5. The number of hydrogen-bond acceptors (Lipinski definition) is 3. The number of hydrogen-bond donors (Lipinski definition) is 1. The van der Waals surface area contributed by atoms with Crippen molar-refractivity contribution >= 4 is 28.3 Å². The largest absolute Gasteiger partial charge is 0.367 e. The summed E-state index contributed by atoms with van der Waals surface area (Å²) >= 11 is 5.77. The first kappa shape index (κ1) is 9.78. The van der Waals surface area contributed by atoms with E-state index in [-0.39, 0.29) is 16.6 Å². The van der Waals surface area contributed by atoms with Crippen molar-refractivity contribution in [3.63, 3.8) is 0 Å². The summed E-state index contributed by atoms with van der Waals surface area (Å²) in [7, 11) is 0. The van der Waals surface area contributed by atoms with Gasteiger partial charge >= 0.3 is 0 Å². The standard InChI is InChI=1S/C11H9ClFN3/c12-11-15-9-7(2-1-3-8(9)13)10(16-11)14-6-4-5-6/h1-3,6H,4-5H2,(H,14,15,16). The lowest BCUT2D eigenvalue weighted by Gasteiger charge is -2.07. The zero-order chi connectivity index (χ0) is 11.1. The quantitative estimate of drug-likeness (QED) is 0.816. The van der Waals surface area contributed by atoms with E-state index in [9.17, 15) is 4.39 Å². The molecule has 16 heavy (non-hydrogen) atoms. The average Bonchev–Trinajstić information content (AvgIpc) is 3.03. The third-order valence-corrected chi connectivity index (χ3v) is 2.74. The zero-order valence-corrected chi connectivity index (χ0v) is 9.13. The molecule has 0 aliphatic heterocycles. The van der Waals surface area contributed by atoms with Crippen molar-refractivity contribution in [1.29, 1.82) is 0 Å². The van der Waals surface area contributed by atoms with E-state index in [4.69, 9.17) is 11.6 Å². The summed E-state index contributed by atoms with van der Waals surface area (Å²) < 4.78 is 13.5. The summed E-state index contributed by atoms with van der Waals surface area (Å²) in [4.78, 5) is 8.00. The minimum atomic E-state index is -0.374. The molecule has 3 nitrogen and oxygen atoms in total. The van der Waals surface area contributed by atoms with Gasteiger partial charge in [-0.1, -0.05) is 6.07 Å². The smallest absolute Gasteiger partial charge is 0.225 e. The fraction of sp³-hybridized carbons (Fsp3) is 0.273. The maximum Gasteiger partial charge on any atom is 0.225 e. The molecule has 1 aromatic heterocycles. The highest BCUT2D eigenvalue weighted by Crippen LogP contribution is 2.29. The van der Waals surface area contributed by atoms with Gasteiger partial charge in [0.15, 0.2) is 0 Å². The first-order valence-corrected chi connectivity index (χ1v) is 5.50. The van der Waals surface area contributed by atoms with Gasteiger partial charge in [-0.3, -0.25) is 0 Å². The number of halogens is 2. The number of benzene rings is 1. The van der Waals surface area contributed by atoms with Crippen LogP contribution in [0.3, 0.4) is 0 Å². The van der Waals surface area contributed by atoms with E-state index in [0.29, 0.717) is 17.2 Å². The molecule has 3 rings (SSSR count). The highest BCUT2D eigenvalue weighted by molar-refractivity contribution is 6.28. The molecule has 0 spiro atoms. The number of para-hydroxylation sites is 1. The Morgan fingerprint density at radius 2 is 2.12 bits per heavy atom. The summed E-state index contributed by atoms with van der Waals surface area (Å²) in [5.41, 5.74) is 0.269. The van der Waals surface area contributed by atoms with Crippen LogP contribution in [-0.2, 0) is 0 Å². The second kappa shape index (κ2) is 3.56. The molecule has 1 N–H and O–H groups in total. The van der Waals surface area contributed by atoms with Crippen LogP contribution in [0.1, 0.15) is 12.8 Å².